The first-order chi connectivity index (χ1) is 14.0. The van der Waals surface area contributed by atoms with E-state index in [-0.39, 0.29) is 11.5 Å². The molecule has 0 saturated heterocycles. The van der Waals surface area contributed by atoms with Crippen LogP contribution in [0.1, 0.15) is 21.6 Å². The zero-order valence-electron chi connectivity index (χ0n) is 16.1. The Morgan fingerprint density at radius 1 is 1.10 bits per heavy atom. The van der Waals surface area contributed by atoms with Crippen LogP contribution >= 0.6 is 0 Å². The maximum absolute atomic E-state index is 14.1. The van der Waals surface area contributed by atoms with E-state index in [1.807, 2.05) is 44.2 Å². The number of hydrogen-bond acceptors (Lipinski definition) is 3. The highest BCUT2D eigenvalue weighted by molar-refractivity contribution is 6.05. The van der Waals surface area contributed by atoms with Gasteiger partial charge in [-0.1, -0.05) is 12.1 Å². The van der Waals surface area contributed by atoms with E-state index in [2.05, 4.69) is 15.3 Å². The van der Waals surface area contributed by atoms with Gasteiger partial charge in [-0.3, -0.25) is 9.78 Å². The Labute approximate surface area is 167 Å². The third-order valence-electron chi connectivity index (χ3n) is 4.62. The van der Waals surface area contributed by atoms with Crippen molar-refractivity contribution in [2.75, 3.05) is 5.32 Å². The number of nitrogens with zero attached hydrogens (tertiary/aromatic N) is 3. The summed E-state index contributed by atoms with van der Waals surface area (Å²) in [7, 11) is 0. The summed E-state index contributed by atoms with van der Waals surface area (Å²) in [5.41, 5.74) is 5.21. The molecule has 0 bridgehead atoms. The lowest BCUT2D eigenvalue weighted by molar-refractivity contribution is 0.102. The van der Waals surface area contributed by atoms with Crippen LogP contribution in [0, 0.1) is 19.7 Å². The number of carbonyl (C=O) groups is 1. The van der Waals surface area contributed by atoms with Crippen molar-refractivity contribution >= 4 is 11.6 Å². The van der Waals surface area contributed by atoms with E-state index in [0.717, 1.165) is 22.4 Å². The second kappa shape index (κ2) is 7.67. The van der Waals surface area contributed by atoms with Crippen molar-refractivity contribution in [2.45, 2.75) is 13.8 Å². The summed E-state index contributed by atoms with van der Waals surface area (Å²) in [4.78, 5) is 21.1. The second-order valence-electron chi connectivity index (χ2n) is 6.85. The van der Waals surface area contributed by atoms with Crippen LogP contribution in [-0.4, -0.2) is 20.4 Å². The minimum Gasteiger partial charge on any atom is -0.322 e. The van der Waals surface area contributed by atoms with Gasteiger partial charge in [-0.25, -0.2) is 9.37 Å². The number of aryl methyl sites for hydroxylation is 2. The fourth-order valence-electron chi connectivity index (χ4n) is 3.15. The van der Waals surface area contributed by atoms with Crippen LogP contribution in [-0.2, 0) is 0 Å². The van der Waals surface area contributed by atoms with Crippen LogP contribution in [0.2, 0.25) is 0 Å². The summed E-state index contributed by atoms with van der Waals surface area (Å²) in [6.45, 7) is 3.85. The van der Waals surface area contributed by atoms with E-state index in [4.69, 9.17) is 0 Å². The fourth-order valence-corrected chi connectivity index (χ4v) is 3.15. The van der Waals surface area contributed by atoms with Crippen LogP contribution in [0.15, 0.2) is 73.4 Å². The Bertz CT molecular complexity index is 1180. The molecular weight excluding hydrogens is 367 g/mol. The molecule has 4 aromatic rings. The highest BCUT2D eigenvalue weighted by Crippen LogP contribution is 2.26. The molecule has 29 heavy (non-hydrogen) atoms. The minimum absolute atomic E-state index is 0.231. The van der Waals surface area contributed by atoms with Gasteiger partial charge in [0.15, 0.2) is 0 Å². The molecule has 0 unspecified atom stereocenters. The van der Waals surface area contributed by atoms with Crippen molar-refractivity contribution in [1.29, 1.82) is 0 Å². The van der Waals surface area contributed by atoms with Crippen molar-refractivity contribution in [2.24, 2.45) is 0 Å². The van der Waals surface area contributed by atoms with E-state index in [0.29, 0.717) is 11.4 Å². The normalized spacial score (nSPS) is 10.7. The Kier molecular flexibility index (Phi) is 4.91. The van der Waals surface area contributed by atoms with Crippen molar-refractivity contribution in [3.05, 3.63) is 96.1 Å². The lowest BCUT2D eigenvalue weighted by Crippen LogP contribution is -2.13. The lowest BCUT2D eigenvalue weighted by Gasteiger charge is -2.11. The largest absolute Gasteiger partial charge is 0.322 e. The van der Waals surface area contributed by atoms with Gasteiger partial charge in [0.05, 0.1) is 17.7 Å². The standard InChI is InChI=1S/C23H19FN4O/c1-15-5-6-20(11-22(15)17-4-3-7-25-12-17)27-23(29)18-8-19(24)10-21(9-18)28-13-16(2)26-14-28/h3-14H,1-2H3,(H,27,29). The number of nitrogens with one attached hydrogen (secondary N) is 1. The lowest BCUT2D eigenvalue weighted by atomic mass is 10.0. The Balaban J connectivity index is 1.63. The SMILES string of the molecule is Cc1cn(-c2cc(F)cc(C(=O)Nc3ccc(C)c(-c4cccnc4)c3)c2)cn1. The predicted molar refractivity (Wildman–Crippen MR) is 111 cm³/mol. The van der Waals surface area contributed by atoms with Gasteiger partial charge in [-0.2, -0.15) is 0 Å². The molecule has 0 fully saturated rings. The van der Waals surface area contributed by atoms with Crippen molar-refractivity contribution in [3.63, 3.8) is 0 Å². The van der Waals surface area contributed by atoms with E-state index < -0.39 is 5.82 Å². The van der Waals surface area contributed by atoms with Gasteiger partial charge in [0.2, 0.25) is 0 Å². The Morgan fingerprint density at radius 2 is 1.97 bits per heavy atom. The molecule has 5 nitrogen and oxygen atoms in total. The Morgan fingerprint density at radius 3 is 2.69 bits per heavy atom. The number of imidazole rings is 1. The first-order valence-electron chi connectivity index (χ1n) is 9.13. The number of rotatable bonds is 4. The third-order valence-corrected chi connectivity index (χ3v) is 4.62. The zero-order valence-corrected chi connectivity index (χ0v) is 16.1. The molecule has 0 atom stereocenters. The van der Waals surface area contributed by atoms with E-state index >= 15 is 0 Å². The second-order valence-corrected chi connectivity index (χ2v) is 6.85. The molecule has 2 aromatic carbocycles. The quantitative estimate of drug-likeness (QED) is 0.540. The van der Waals surface area contributed by atoms with Crippen LogP contribution in [0.25, 0.3) is 16.8 Å². The summed E-state index contributed by atoms with van der Waals surface area (Å²) in [5.74, 6) is -0.873. The molecule has 0 saturated carbocycles. The summed E-state index contributed by atoms with van der Waals surface area (Å²) in [6.07, 6.45) is 6.86. The van der Waals surface area contributed by atoms with Crippen molar-refractivity contribution in [1.82, 2.24) is 14.5 Å². The molecule has 2 aromatic heterocycles. The van der Waals surface area contributed by atoms with Crippen molar-refractivity contribution < 1.29 is 9.18 Å². The van der Waals surface area contributed by atoms with E-state index in [1.54, 1.807) is 35.6 Å². The Hall–Kier alpha value is -3.80. The number of benzene rings is 2. The first kappa shape index (κ1) is 18.6. The highest BCUT2D eigenvalue weighted by Gasteiger charge is 2.12. The van der Waals surface area contributed by atoms with Gasteiger partial charge in [0, 0.05) is 35.4 Å². The number of pyridine rings is 1. The number of hydrogen-bond donors (Lipinski definition) is 1. The molecule has 0 radical (unpaired) electrons. The molecule has 1 amide bonds. The predicted octanol–water partition coefficient (Wildman–Crippen LogP) is 4.94. The molecule has 2 heterocycles. The zero-order chi connectivity index (χ0) is 20.4. The maximum atomic E-state index is 14.1. The monoisotopic (exact) mass is 386 g/mol. The topological polar surface area (TPSA) is 59.8 Å². The number of halogens is 1. The molecule has 6 heteroatoms. The molecule has 4 rings (SSSR count). The summed E-state index contributed by atoms with van der Waals surface area (Å²) < 4.78 is 15.8. The smallest absolute Gasteiger partial charge is 0.255 e. The molecular formula is C23H19FN4O. The maximum Gasteiger partial charge on any atom is 0.255 e. The minimum atomic E-state index is -0.487. The highest BCUT2D eigenvalue weighted by atomic mass is 19.1. The summed E-state index contributed by atoms with van der Waals surface area (Å²) in [6, 6.07) is 13.7. The molecule has 0 aliphatic heterocycles. The average Bonchev–Trinajstić information content (AvgIpc) is 3.16. The van der Waals surface area contributed by atoms with Crippen molar-refractivity contribution in [3.8, 4) is 16.8 Å². The summed E-state index contributed by atoms with van der Waals surface area (Å²) >= 11 is 0. The number of aromatic nitrogens is 3. The van der Waals surface area contributed by atoms with Gasteiger partial charge in [0.25, 0.3) is 5.91 Å². The van der Waals surface area contributed by atoms with Gasteiger partial charge < -0.3 is 9.88 Å². The number of carbonyl (C=O) groups excluding carboxylic acids is 1. The van der Waals surface area contributed by atoms with Crippen LogP contribution in [0.5, 0.6) is 0 Å². The van der Waals surface area contributed by atoms with Gasteiger partial charge in [-0.05, 0) is 61.4 Å². The number of anilines is 1. The third kappa shape index (κ3) is 4.06. The van der Waals surface area contributed by atoms with Crippen LogP contribution in [0.3, 0.4) is 0 Å². The first-order valence-corrected chi connectivity index (χ1v) is 9.13. The van der Waals surface area contributed by atoms with E-state index in [9.17, 15) is 9.18 Å². The number of amides is 1. The molecule has 144 valence electrons. The summed E-state index contributed by atoms with van der Waals surface area (Å²) in [5, 5.41) is 2.86. The molecule has 0 spiro atoms. The molecule has 0 aliphatic carbocycles. The molecule has 0 aliphatic rings. The van der Waals surface area contributed by atoms with Gasteiger partial charge in [-0.15, -0.1) is 0 Å². The van der Waals surface area contributed by atoms with E-state index in [1.165, 1.54) is 12.1 Å². The van der Waals surface area contributed by atoms with Gasteiger partial charge in [0.1, 0.15) is 5.82 Å². The average molecular weight is 386 g/mol. The van der Waals surface area contributed by atoms with Crippen LogP contribution in [0.4, 0.5) is 10.1 Å². The molecule has 1 N–H and O–H groups in total. The van der Waals surface area contributed by atoms with Crippen LogP contribution < -0.4 is 5.32 Å². The fraction of sp³-hybridized carbons (Fsp3) is 0.0870. The van der Waals surface area contributed by atoms with Gasteiger partial charge >= 0.3 is 0 Å².